The van der Waals surface area contributed by atoms with Gasteiger partial charge in [-0.2, -0.15) is 26.3 Å². The van der Waals surface area contributed by atoms with E-state index in [9.17, 15) is 36.6 Å². The molecule has 0 amide bonds. The van der Waals surface area contributed by atoms with Crippen molar-refractivity contribution >= 4 is 33.8 Å². The average molecular weight is 632 g/mol. The summed E-state index contributed by atoms with van der Waals surface area (Å²) in [6.45, 7) is -1.11. The minimum atomic E-state index is -4.94. The van der Waals surface area contributed by atoms with Gasteiger partial charge in [0.2, 0.25) is 0 Å². The summed E-state index contributed by atoms with van der Waals surface area (Å²) in [4.78, 5) is 8.80. The topological polar surface area (TPSA) is 64.8 Å². The van der Waals surface area contributed by atoms with Crippen molar-refractivity contribution in [2.75, 3.05) is 13.2 Å². The minimum Gasteiger partial charge on any atom is -0.375 e. The number of benzene rings is 3. The van der Waals surface area contributed by atoms with E-state index < -0.39 is 52.5 Å². The molecule has 4 nitrogen and oxygen atoms in total. The van der Waals surface area contributed by atoms with Gasteiger partial charge in [-0.25, -0.2) is 5.11 Å². The number of aliphatic imine (C=N–C) groups is 2. The van der Waals surface area contributed by atoms with Crippen LogP contribution in [0.25, 0.3) is 10.8 Å². The first-order chi connectivity index (χ1) is 20.8. The Bertz CT molecular complexity index is 1740. The van der Waals surface area contributed by atoms with E-state index in [-0.39, 0.29) is 24.2 Å². The predicted octanol–water partition coefficient (Wildman–Crippen LogP) is 8.37. The maximum Gasteiger partial charge on any atom is 0.416 e. The molecule has 1 radical (unpaired) electrons. The highest BCUT2D eigenvalue weighted by atomic mass is 35.5. The van der Waals surface area contributed by atoms with Crippen LogP contribution in [0.5, 0.6) is 0 Å². The number of halogens is 7. The summed E-state index contributed by atoms with van der Waals surface area (Å²) in [5.41, 5.74) is -4.98. The lowest BCUT2D eigenvalue weighted by molar-refractivity contribution is -0.184. The Morgan fingerprint density at radius 2 is 1.70 bits per heavy atom. The molecule has 3 aliphatic rings. The van der Waals surface area contributed by atoms with Gasteiger partial charge in [-0.1, -0.05) is 54.1 Å². The largest absolute Gasteiger partial charge is 0.416 e. The van der Waals surface area contributed by atoms with Crippen molar-refractivity contribution in [3.05, 3.63) is 106 Å². The maximum absolute atomic E-state index is 14.8. The molecule has 3 aromatic carbocycles. The second kappa shape index (κ2) is 10.9. The molecule has 11 heteroatoms. The summed E-state index contributed by atoms with van der Waals surface area (Å²) in [7, 11) is 0. The third-order valence-corrected chi connectivity index (χ3v) is 9.31. The smallest absolute Gasteiger partial charge is 0.375 e. The first kappa shape index (κ1) is 30.6. The molecule has 0 aromatic heterocycles. The van der Waals surface area contributed by atoms with Crippen LogP contribution < -0.4 is 0 Å². The van der Waals surface area contributed by atoms with E-state index in [1.54, 1.807) is 60.8 Å². The minimum absolute atomic E-state index is 0.0722. The first-order valence-corrected chi connectivity index (χ1v) is 14.4. The lowest BCUT2D eigenvalue weighted by Crippen LogP contribution is -2.46. The molecule has 229 valence electrons. The van der Waals surface area contributed by atoms with Crippen LogP contribution in [0.15, 0.2) is 89.0 Å². The van der Waals surface area contributed by atoms with Gasteiger partial charge in [-0.3, -0.25) is 9.98 Å². The standard InChI is InChI=1S/C33H26ClF6N2O2/c34-22-14-20(13-21(15-22)32(35,36)37)30(33(38,39)40)16-28(42-18-30)26-9-10-27(25-6-2-1-5-24(25)26)31(44)11-3-4-12-41-29(31)23-8-7-19(23)17-43/h1-6,9-15,19,23,44H,7-8,16-18H2. The van der Waals surface area contributed by atoms with Crippen molar-refractivity contribution in [2.45, 2.75) is 42.6 Å². The SMILES string of the molecule is [O]CC1CCC1C1=NC=CC=CC1(O)c1ccc(C2=NCC(c3cc(Cl)cc(C(F)(F)F)c3)(C(F)(F)F)C2)c2ccccc12. The van der Waals surface area contributed by atoms with E-state index >= 15 is 0 Å². The average Bonchev–Trinajstić information content (AvgIpc) is 3.33. The summed E-state index contributed by atoms with van der Waals surface area (Å²) in [6.07, 6.45) is -2.63. The van der Waals surface area contributed by atoms with Crippen molar-refractivity contribution in [3.8, 4) is 0 Å². The van der Waals surface area contributed by atoms with E-state index in [0.29, 0.717) is 46.2 Å². The molecule has 3 aromatic rings. The molecular formula is C33H26ClF6N2O2. The molecule has 2 heterocycles. The van der Waals surface area contributed by atoms with Crippen LogP contribution in [-0.2, 0) is 22.3 Å². The zero-order chi connectivity index (χ0) is 31.5. The van der Waals surface area contributed by atoms with Gasteiger partial charge in [0, 0.05) is 40.4 Å². The number of nitrogens with zero attached hydrogens (tertiary/aromatic N) is 2. The Morgan fingerprint density at radius 3 is 2.36 bits per heavy atom. The highest BCUT2D eigenvalue weighted by Gasteiger charge is 2.59. The molecule has 4 atom stereocenters. The molecule has 4 unspecified atom stereocenters. The molecule has 1 N–H and O–H groups in total. The predicted molar refractivity (Wildman–Crippen MR) is 156 cm³/mol. The molecule has 1 fully saturated rings. The second-order valence-corrected chi connectivity index (χ2v) is 12.0. The van der Waals surface area contributed by atoms with Crippen molar-refractivity contribution in [3.63, 3.8) is 0 Å². The number of rotatable bonds is 5. The highest BCUT2D eigenvalue weighted by Crippen LogP contribution is 2.50. The Labute approximate surface area is 254 Å². The van der Waals surface area contributed by atoms with Crippen LogP contribution in [0.1, 0.15) is 41.5 Å². The van der Waals surface area contributed by atoms with Crippen molar-refractivity contribution in [1.82, 2.24) is 0 Å². The molecule has 0 bridgehead atoms. The van der Waals surface area contributed by atoms with Crippen LogP contribution in [0.2, 0.25) is 5.02 Å². The summed E-state index contributed by atoms with van der Waals surface area (Å²) in [6, 6.07) is 12.1. The number of aliphatic hydroxyl groups is 1. The fraction of sp³-hybridized carbons (Fsp3) is 0.333. The van der Waals surface area contributed by atoms with E-state index in [1.165, 1.54) is 0 Å². The molecular weight excluding hydrogens is 606 g/mol. The Kier molecular flexibility index (Phi) is 7.54. The lowest BCUT2D eigenvalue weighted by atomic mass is 9.66. The third kappa shape index (κ3) is 4.97. The van der Waals surface area contributed by atoms with E-state index in [4.69, 9.17) is 11.6 Å². The Morgan fingerprint density at radius 1 is 0.955 bits per heavy atom. The van der Waals surface area contributed by atoms with Crippen LogP contribution >= 0.6 is 11.6 Å². The molecule has 44 heavy (non-hydrogen) atoms. The zero-order valence-electron chi connectivity index (χ0n) is 23.1. The third-order valence-electron chi connectivity index (χ3n) is 9.10. The van der Waals surface area contributed by atoms with Gasteiger partial charge in [-0.05, 0) is 65.4 Å². The van der Waals surface area contributed by atoms with Crippen LogP contribution in [0, 0.1) is 11.8 Å². The van der Waals surface area contributed by atoms with Gasteiger partial charge in [0.1, 0.15) is 11.0 Å². The highest BCUT2D eigenvalue weighted by molar-refractivity contribution is 6.30. The van der Waals surface area contributed by atoms with Crippen LogP contribution in [0.4, 0.5) is 26.3 Å². The zero-order valence-corrected chi connectivity index (χ0v) is 23.8. The molecule has 2 aliphatic heterocycles. The van der Waals surface area contributed by atoms with Crippen molar-refractivity contribution < 1.29 is 36.6 Å². The quantitative estimate of drug-likeness (QED) is 0.283. The number of allylic oxidation sites excluding steroid dienone is 2. The second-order valence-electron chi connectivity index (χ2n) is 11.5. The van der Waals surface area contributed by atoms with Gasteiger partial charge in [0.25, 0.3) is 0 Å². The summed E-state index contributed by atoms with van der Waals surface area (Å²) in [5.74, 6) is -0.396. The van der Waals surface area contributed by atoms with Gasteiger partial charge in [0.15, 0.2) is 0 Å². The van der Waals surface area contributed by atoms with Gasteiger partial charge < -0.3 is 5.11 Å². The molecule has 6 rings (SSSR count). The van der Waals surface area contributed by atoms with E-state index in [0.717, 1.165) is 12.5 Å². The normalized spacial score (nSPS) is 27.2. The molecule has 1 saturated carbocycles. The van der Waals surface area contributed by atoms with Gasteiger partial charge >= 0.3 is 12.4 Å². The summed E-state index contributed by atoms with van der Waals surface area (Å²) < 4.78 is 85.0. The molecule has 0 spiro atoms. The number of fused-ring (bicyclic) bond motifs is 1. The monoisotopic (exact) mass is 631 g/mol. The maximum atomic E-state index is 14.8. The first-order valence-electron chi connectivity index (χ1n) is 14.0. The summed E-state index contributed by atoms with van der Waals surface area (Å²) in [5, 5.41) is 24.6. The fourth-order valence-electron chi connectivity index (χ4n) is 6.55. The Hall–Kier alpha value is -3.47. The van der Waals surface area contributed by atoms with Crippen molar-refractivity contribution in [1.29, 1.82) is 0 Å². The Balaban J connectivity index is 1.45. The van der Waals surface area contributed by atoms with Crippen molar-refractivity contribution in [2.24, 2.45) is 21.8 Å². The van der Waals surface area contributed by atoms with Crippen LogP contribution in [0.3, 0.4) is 0 Å². The molecule has 0 saturated heterocycles. The van der Waals surface area contributed by atoms with E-state index in [2.05, 4.69) is 9.98 Å². The van der Waals surface area contributed by atoms with Crippen LogP contribution in [-0.4, -0.2) is 35.9 Å². The number of hydrogen-bond acceptors (Lipinski definition) is 3. The molecule has 1 aliphatic carbocycles. The van der Waals surface area contributed by atoms with Gasteiger partial charge in [-0.15, -0.1) is 0 Å². The number of alkyl halides is 6. The van der Waals surface area contributed by atoms with E-state index in [1.807, 2.05) is 0 Å². The lowest BCUT2D eigenvalue weighted by Gasteiger charge is -2.41. The van der Waals surface area contributed by atoms with Gasteiger partial charge in [0.05, 0.1) is 24.4 Å². The fourth-order valence-corrected chi connectivity index (χ4v) is 6.79. The number of hydrogen-bond donors (Lipinski definition) is 1. The summed E-state index contributed by atoms with van der Waals surface area (Å²) >= 11 is 5.90.